The zero-order chi connectivity index (χ0) is 24.9. The number of benzene rings is 2. The van der Waals surface area contributed by atoms with E-state index in [1.807, 2.05) is 49.4 Å². The molecule has 0 fully saturated rings. The third kappa shape index (κ3) is 5.01. The number of amides is 1. The SMILES string of the molecule is CCC(c1nc2onc(C)c2c(=O)n1Cc1ccccc1)N(CCCN)C(=O)c1ccc([NH3+])cc1. The molecule has 0 aliphatic carbocycles. The number of hydrogen-bond acceptors (Lipinski definition) is 6. The highest BCUT2D eigenvalue weighted by atomic mass is 16.5. The number of aromatic nitrogens is 3. The van der Waals surface area contributed by atoms with Crippen LogP contribution in [0.1, 0.15) is 53.2 Å². The van der Waals surface area contributed by atoms with Crippen molar-refractivity contribution in [3.05, 3.63) is 87.6 Å². The smallest absolute Gasteiger partial charge is 0.267 e. The van der Waals surface area contributed by atoms with Gasteiger partial charge in [-0.05, 0) is 56.1 Å². The molecule has 0 aliphatic rings. The largest absolute Gasteiger partial charge is 0.335 e. The Kier molecular flexibility index (Phi) is 7.38. The maximum Gasteiger partial charge on any atom is 0.267 e. The summed E-state index contributed by atoms with van der Waals surface area (Å²) in [5.74, 6) is 0.309. The van der Waals surface area contributed by atoms with E-state index in [0.717, 1.165) is 11.3 Å². The molecule has 1 atom stereocenters. The highest BCUT2D eigenvalue weighted by molar-refractivity contribution is 5.94. The second kappa shape index (κ2) is 10.6. The van der Waals surface area contributed by atoms with Crippen molar-refractivity contribution in [2.24, 2.45) is 5.73 Å². The molecule has 0 saturated carbocycles. The zero-order valence-corrected chi connectivity index (χ0v) is 20.1. The first kappa shape index (κ1) is 24.3. The first-order valence-corrected chi connectivity index (χ1v) is 11.8. The van der Waals surface area contributed by atoms with E-state index in [2.05, 4.69) is 10.9 Å². The molecule has 4 rings (SSSR count). The van der Waals surface area contributed by atoms with Gasteiger partial charge in [-0.1, -0.05) is 42.4 Å². The second-order valence-electron chi connectivity index (χ2n) is 8.56. The normalized spacial score (nSPS) is 12.1. The van der Waals surface area contributed by atoms with Crippen molar-refractivity contribution in [1.29, 1.82) is 0 Å². The summed E-state index contributed by atoms with van der Waals surface area (Å²) in [6.45, 7) is 4.87. The van der Waals surface area contributed by atoms with E-state index < -0.39 is 6.04 Å². The maximum absolute atomic E-state index is 13.7. The summed E-state index contributed by atoms with van der Waals surface area (Å²) in [7, 11) is 0. The molecule has 9 heteroatoms. The number of rotatable bonds is 9. The third-order valence-corrected chi connectivity index (χ3v) is 6.11. The summed E-state index contributed by atoms with van der Waals surface area (Å²) in [5.41, 5.74) is 12.5. The molecule has 182 valence electrons. The molecule has 0 bridgehead atoms. The average Bonchev–Trinajstić information content (AvgIpc) is 3.25. The summed E-state index contributed by atoms with van der Waals surface area (Å²) in [6, 6.07) is 16.4. The number of carbonyl (C=O) groups is 1. The van der Waals surface area contributed by atoms with Crippen molar-refractivity contribution in [2.45, 2.75) is 39.3 Å². The van der Waals surface area contributed by atoms with E-state index in [1.54, 1.807) is 28.5 Å². The molecule has 0 spiro atoms. The zero-order valence-electron chi connectivity index (χ0n) is 20.1. The highest BCUT2D eigenvalue weighted by Gasteiger charge is 2.30. The Labute approximate surface area is 203 Å². The first-order chi connectivity index (χ1) is 16.9. The standard InChI is InChI=1S/C26H30N6O3/c1-3-21(31(15-7-14-27)25(33)19-10-12-20(28)13-11-19)23-29-24-22(17(2)30-35-24)26(34)32(23)16-18-8-5-4-6-9-18/h4-6,8-13,21H,3,7,14-16,27-28H2,1-2H3/p+1. The number of nitrogens with zero attached hydrogens (tertiary/aromatic N) is 4. The molecule has 0 aliphatic heterocycles. The minimum Gasteiger partial charge on any atom is -0.335 e. The Hall–Kier alpha value is -3.82. The van der Waals surface area contributed by atoms with Crippen LogP contribution in [0.15, 0.2) is 63.9 Å². The van der Waals surface area contributed by atoms with Gasteiger partial charge in [-0.15, -0.1) is 0 Å². The van der Waals surface area contributed by atoms with E-state index in [0.29, 0.717) is 54.9 Å². The Morgan fingerprint density at radius 1 is 1.17 bits per heavy atom. The molecule has 0 saturated heterocycles. The minimum atomic E-state index is -0.473. The number of carbonyl (C=O) groups excluding carboxylic acids is 1. The van der Waals surface area contributed by atoms with Gasteiger partial charge >= 0.3 is 0 Å². The molecule has 1 unspecified atom stereocenters. The van der Waals surface area contributed by atoms with Gasteiger partial charge in [0.2, 0.25) is 0 Å². The van der Waals surface area contributed by atoms with Gasteiger partial charge in [0.05, 0.1) is 18.3 Å². The molecule has 2 heterocycles. The number of nitrogens with two attached hydrogens (primary N) is 1. The maximum atomic E-state index is 13.7. The molecule has 4 aromatic rings. The van der Waals surface area contributed by atoms with E-state index in [1.165, 1.54) is 0 Å². The molecular formula is C26H31N6O3+. The number of fused-ring (bicyclic) bond motifs is 1. The van der Waals surface area contributed by atoms with Gasteiger partial charge < -0.3 is 20.9 Å². The molecule has 2 aromatic heterocycles. The fraction of sp³-hybridized carbons (Fsp3) is 0.308. The predicted molar refractivity (Wildman–Crippen MR) is 133 cm³/mol. The van der Waals surface area contributed by atoms with E-state index in [9.17, 15) is 9.59 Å². The lowest BCUT2D eigenvalue weighted by molar-refractivity contribution is -0.254. The van der Waals surface area contributed by atoms with Crippen LogP contribution in [0.4, 0.5) is 5.69 Å². The van der Waals surface area contributed by atoms with Crippen molar-refractivity contribution in [1.82, 2.24) is 19.6 Å². The second-order valence-corrected chi connectivity index (χ2v) is 8.56. The van der Waals surface area contributed by atoms with Gasteiger partial charge in [-0.2, -0.15) is 4.98 Å². The molecular weight excluding hydrogens is 444 g/mol. The Balaban J connectivity index is 1.86. The fourth-order valence-corrected chi connectivity index (χ4v) is 4.27. The molecule has 5 N–H and O–H groups in total. The van der Waals surface area contributed by atoms with Crippen molar-refractivity contribution in [3.8, 4) is 0 Å². The van der Waals surface area contributed by atoms with Gasteiger partial charge in [0.15, 0.2) is 0 Å². The van der Waals surface area contributed by atoms with E-state index >= 15 is 0 Å². The number of quaternary nitrogens is 1. The topological polar surface area (TPSA) is 135 Å². The lowest BCUT2D eigenvalue weighted by Crippen LogP contribution is -2.41. The summed E-state index contributed by atoms with van der Waals surface area (Å²) in [4.78, 5) is 33.8. The lowest BCUT2D eigenvalue weighted by atomic mass is 10.1. The van der Waals surface area contributed by atoms with Crippen LogP contribution in [0.3, 0.4) is 0 Å². The monoisotopic (exact) mass is 475 g/mol. The fourth-order valence-electron chi connectivity index (χ4n) is 4.27. The van der Waals surface area contributed by atoms with Crippen molar-refractivity contribution < 1.29 is 15.1 Å². The molecule has 35 heavy (non-hydrogen) atoms. The van der Waals surface area contributed by atoms with Gasteiger partial charge in [0.1, 0.15) is 16.9 Å². The van der Waals surface area contributed by atoms with Crippen LogP contribution in [-0.2, 0) is 6.54 Å². The Bertz CT molecular complexity index is 1360. The van der Waals surface area contributed by atoms with Crippen LogP contribution >= 0.6 is 0 Å². The lowest BCUT2D eigenvalue weighted by Gasteiger charge is -2.32. The van der Waals surface area contributed by atoms with Crippen molar-refractivity contribution in [2.75, 3.05) is 13.1 Å². The average molecular weight is 476 g/mol. The van der Waals surface area contributed by atoms with Crippen molar-refractivity contribution in [3.63, 3.8) is 0 Å². The van der Waals surface area contributed by atoms with Crippen LogP contribution in [0.2, 0.25) is 0 Å². The quantitative estimate of drug-likeness (QED) is 0.382. The van der Waals surface area contributed by atoms with Crippen LogP contribution in [-0.4, -0.2) is 38.6 Å². The summed E-state index contributed by atoms with van der Waals surface area (Å²) < 4.78 is 7.02. The van der Waals surface area contributed by atoms with Crippen LogP contribution in [0, 0.1) is 6.92 Å². The number of hydrogen-bond donors (Lipinski definition) is 2. The molecule has 1 amide bonds. The van der Waals surface area contributed by atoms with Gasteiger partial charge in [0, 0.05) is 12.1 Å². The van der Waals surface area contributed by atoms with E-state index in [4.69, 9.17) is 15.2 Å². The van der Waals surface area contributed by atoms with Gasteiger partial charge in [0.25, 0.3) is 17.2 Å². The molecule has 0 radical (unpaired) electrons. The van der Waals surface area contributed by atoms with Crippen molar-refractivity contribution >= 4 is 22.7 Å². The molecule has 2 aromatic carbocycles. The Morgan fingerprint density at radius 2 is 1.89 bits per heavy atom. The van der Waals surface area contributed by atoms with Crippen LogP contribution in [0.25, 0.3) is 11.1 Å². The van der Waals surface area contributed by atoms with Crippen LogP contribution < -0.4 is 17.0 Å². The highest BCUT2D eigenvalue weighted by Crippen LogP contribution is 2.27. The number of aryl methyl sites for hydroxylation is 1. The molecule has 9 nitrogen and oxygen atoms in total. The third-order valence-electron chi connectivity index (χ3n) is 6.11. The van der Waals surface area contributed by atoms with Crippen LogP contribution in [0.5, 0.6) is 0 Å². The summed E-state index contributed by atoms with van der Waals surface area (Å²) >= 11 is 0. The Morgan fingerprint density at radius 3 is 2.54 bits per heavy atom. The minimum absolute atomic E-state index is 0.153. The summed E-state index contributed by atoms with van der Waals surface area (Å²) in [5, 5.41) is 4.31. The first-order valence-electron chi connectivity index (χ1n) is 11.8. The van der Waals surface area contributed by atoms with E-state index in [-0.39, 0.29) is 17.2 Å². The van der Waals surface area contributed by atoms with Gasteiger partial charge in [-0.25, -0.2) is 0 Å². The predicted octanol–water partition coefficient (Wildman–Crippen LogP) is 2.56. The van der Waals surface area contributed by atoms with Gasteiger partial charge in [-0.3, -0.25) is 14.2 Å². The summed E-state index contributed by atoms with van der Waals surface area (Å²) in [6.07, 6.45) is 1.16.